The first-order valence-corrected chi connectivity index (χ1v) is 5.39. The van der Waals surface area contributed by atoms with Crippen LogP contribution in [0.4, 0.5) is 0 Å². The van der Waals surface area contributed by atoms with Gasteiger partial charge < -0.3 is 0 Å². The van der Waals surface area contributed by atoms with Crippen LogP contribution < -0.4 is 0 Å². The van der Waals surface area contributed by atoms with Gasteiger partial charge in [-0.1, -0.05) is 35.9 Å². The van der Waals surface area contributed by atoms with Crippen LogP contribution in [0.15, 0.2) is 35.4 Å². The third-order valence-corrected chi connectivity index (χ3v) is 3.03. The molecule has 14 heavy (non-hydrogen) atoms. The van der Waals surface area contributed by atoms with Gasteiger partial charge in [0.25, 0.3) is 0 Å². The molecule has 1 atom stereocenters. The SMILES string of the molecule is C=C/C(Cl)=C\C=C(/C)[C@H]1CCCN1C. The van der Waals surface area contributed by atoms with Crippen LogP contribution in [-0.4, -0.2) is 24.5 Å². The van der Waals surface area contributed by atoms with Gasteiger partial charge in [0.05, 0.1) is 0 Å². The second-order valence-electron chi connectivity index (χ2n) is 3.80. The van der Waals surface area contributed by atoms with E-state index in [-0.39, 0.29) is 0 Å². The first-order valence-electron chi connectivity index (χ1n) is 5.02. The van der Waals surface area contributed by atoms with E-state index < -0.39 is 0 Å². The van der Waals surface area contributed by atoms with E-state index in [1.54, 1.807) is 6.08 Å². The second-order valence-corrected chi connectivity index (χ2v) is 4.24. The maximum Gasteiger partial charge on any atom is 0.0400 e. The Labute approximate surface area is 91.7 Å². The van der Waals surface area contributed by atoms with Crippen molar-refractivity contribution in [2.45, 2.75) is 25.8 Å². The van der Waals surface area contributed by atoms with Crippen molar-refractivity contribution in [1.82, 2.24) is 4.90 Å². The van der Waals surface area contributed by atoms with Crippen molar-refractivity contribution in [1.29, 1.82) is 0 Å². The van der Waals surface area contributed by atoms with Gasteiger partial charge in [-0.25, -0.2) is 0 Å². The van der Waals surface area contributed by atoms with Gasteiger partial charge in [-0.3, -0.25) is 4.90 Å². The summed E-state index contributed by atoms with van der Waals surface area (Å²) < 4.78 is 0. The van der Waals surface area contributed by atoms with E-state index in [1.807, 2.05) is 6.08 Å². The van der Waals surface area contributed by atoms with Crippen LogP contribution in [-0.2, 0) is 0 Å². The van der Waals surface area contributed by atoms with Crippen LogP contribution in [0.2, 0.25) is 0 Å². The van der Waals surface area contributed by atoms with Gasteiger partial charge in [0.15, 0.2) is 0 Å². The number of halogens is 1. The quantitative estimate of drug-likeness (QED) is 0.648. The molecule has 0 N–H and O–H groups in total. The van der Waals surface area contributed by atoms with Crippen molar-refractivity contribution in [2.75, 3.05) is 13.6 Å². The molecule has 0 radical (unpaired) electrons. The highest BCUT2D eigenvalue weighted by Crippen LogP contribution is 2.21. The summed E-state index contributed by atoms with van der Waals surface area (Å²) >= 11 is 5.84. The summed E-state index contributed by atoms with van der Waals surface area (Å²) in [5.74, 6) is 0. The Morgan fingerprint density at radius 1 is 1.50 bits per heavy atom. The number of hydrogen-bond acceptors (Lipinski definition) is 1. The van der Waals surface area contributed by atoms with Crippen LogP contribution in [0, 0.1) is 0 Å². The van der Waals surface area contributed by atoms with Crippen LogP contribution in [0.25, 0.3) is 0 Å². The normalized spacial score (nSPS) is 25.5. The minimum atomic E-state index is 0.598. The third-order valence-electron chi connectivity index (χ3n) is 2.75. The van der Waals surface area contributed by atoms with Gasteiger partial charge in [-0.2, -0.15) is 0 Å². The molecule has 1 heterocycles. The van der Waals surface area contributed by atoms with Crippen molar-refractivity contribution >= 4 is 11.6 Å². The molecule has 1 aliphatic rings. The molecule has 1 nitrogen and oxygen atoms in total. The molecule has 0 saturated carbocycles. The van der Waals surface area contributed by atoms with Gasteiger partial charge in [-0.15, -0.1) is 0 Å². The fourth-order valence-corrected chi connectivity index (χ4v) is 1.94. The van der Waals surface area contributed by atoms with Gasteiger partial charge in [-0.05, 0) is 39.4 Å². The van der Waals surface area contributed by atoms with Gasteiger partial charge >= 0.3 is 0 Å². The highest BCUT2D eigenvalue weighted by atomic mass is 35.5. The Morgan fingerprint density at radius 3 is 2.71 bits per heavy atom. The monoisotopic (exact) mass is 211 g/mol. The summed E-state index contributed by atoms with van der Waals surface area (Å²) in [6.45, 7) is 6.98. The lowest BCUT2D eigenvalue weighted by atomic mass is 10.1. The molecule has 0 aromatic carbocycles. The maximum atomic E-state index is 5.84. The number of rotatable bonds is 3. The van der Waals surface area contributed by atoms with Crippen LogP contribution >= 0.6 is 11.6 Å². The summed E-state index contributed by atoms with van der Waals surface area (Å²) in [7, 11) is 2.17. The molecule has 1 rings (SSSR count). The third kappa shape index (κ3) is 3.00. The molecule has 0 spiro atoms. The predicted molar refractivity (Wildman–Crippen MR) is 63.5 cm³/mol. The molecule has 0 amide bonds. The van der Waals surface area contributed by atoms with Crippen molar-refractivity contribution < 1.29 is 0 Å². The fraction of sp³-hybridized carbons (Fsp3) is 0.500. The average Bonchev–Trinajstić information content (AvgIpc) is 2.60. The van der Waals surface area contributed by atoms with Crippen molar-refractivity contribution in [2.24, 2.45) is 0 Å². The van der Waals surface area contributed by atoms with Crippen LogP contribution in [0.3, 0.4) is 0 Å². The zero-order valence-electron chi connectivity index (χ0n) is 8.96. The fourth-order valence-electron chi connectivity index (χ4n) is 1.88. The number of likely N-dealkylation sites (N-methyl/N-ethyl adjacent to an activating group) is 1. The summed E-state index contributed by atoms with van der Waals surface area (Å²) in [6.07, 6.45) is 8.22. The lowest BCUT2D eigenvalue weighted by molar-refractivity contribution is 0.345. The first-order chi connectivity index (χ1) is 6.65. The Kier molecular flexibility index (Phi) is 4.43. The number of allylic oxidation sites excluding steroid dienone is 4. The molecule has 0 aromatic rings. The van der Waals surface area contributed by atoms with E-state index >= 15 is 0 Å². The largest absolute Gasteiger partial charge is 0.300 e. The molecule has 0 unspecified atom stereocenters. The topological polar surface area (TPSA) is 3.24 Å². The van der Waals surface area contributed by atoms with Gasteiger partial charge in [0.2, 0.25) is 0 Å². The summed E-state index contributed by atoms with van der Waals surface area (Å²) in [6, 6.07) is 0.598. The summed E-state index contributed by atoms with van der Waals surface area (Å²) in [5, 5.41) is 0.699. The number of nitrogens with zero attached hydrogens (tertiary/aromatic N) is 1. The highest BCUT2D eigenvalue weighted by Gasteiger charge is 2.21. The van der Waals surface area contributed by atoms with E-state index in [4.69, 9.17) is 11.6 Å². The minimum absolute atomic E-state index is 0.598. The van der Waals surface area contributed by atoms with Crippen LogP contribution in [0.1, 0.15) is 19.8 Å². The molecule has 0 aliphatic carbocycles. The molecule has 1 aliphatic heterocycles. The van der Waals surface area contributed by atoms with E-state index in [2.05, 4.69) is 31.5 Å². The number of hydrogen-bond donors (Lipinski definition) is 0. The Balaban J connectivity index is 2.64. The molecular weight excluding hydrogens is 194 g/mol. The Morgan fingerprint density at radius 2 is 2.21 bits per heavy atom. The molecule has 1 fully saturated rings. The maximum absolute atomic E-state index is 5.84. The molecule has 2 heteroatoms. The Hall–Kier alpha value is -0.530. The van der Waals surface area contributed by atoms with Gasteiger partial charge in [0, 0.05) is 11.1 Å². The second kappa shape index (κ2) is 5.38. The lowest BCUT2D eigenvalue weighted by Gasteiger charge is -2.19. The van der Waals surface area contributed by atoms with E-state index in [0.717, 1.165) is 0 Å². The van der Waals surface area contributed by atoms with E-state index in [9.17, 15) is 0 Å². The molecule has 1 saturated heterocycles. The Bertz CT molecular complexity index is 265. The van der Waals surface area contributed by atoms with Crippen LogP contribution in [0.5, 0.6) is 0 Å². The van der Waals surface area contributed by atoms with Crippen molar-refractivity contribution in [3.05, 3.63) is 35.4 Å². The predicted octanol–water partition coefficient (Wildman–Crippen LogP) is 3.34. The average molecular weight is 212 g/mol. The summed E-state index contributed by atoms with van der Waals surface area (Å²) in [5.41, 5.74) is 1.38. The standard InChI is InChI=1S/C12H18ClN/c1-4-11(13)8-7-10(2)12-6-5-9-14(12)3/h4,7-8,12H,1,5-6,9H2,2-3H3/b10-7+,11-8+/t12-/m1/s1. The molecule has 78 valence electrons. The lowest BCUT2D eigenvalue weighted by Crippen LogP contribution is -2.25. The van der Waals surface area contributed by atoms with Crippen molar-refractivity contribution in [3.8, 4) is 0 Å². The highest BCUT2D eigenvalue weighted by molar-refractivity contribution is 6.31. The minimum Gasteiger partial charge on any atom is -0.300 e. The van der Waals surface area contributed by atoms with Crippen molar-refractivity contribution in [3.63, 3.8) is 0 Å². The van der Waals surface area contributed by atoms with E-state index in [1.165, 1.54) is 25.0 Å². The smallest absolute Gasteiger partial charge is 0.0400 e. The first kappa shape index (κ1) is 11.5. The number of likely N-dealkylation sites (tertiary alicyclic amines) is 1. The zero-order valence-corrected chi connectivity index (χ0v) is 9.72. The van der Waals surface area contributed by atoms with Gasteiger partial charge in [0.1, 0.15) is 0 Å². The summed E-state index contributed by atoms with van der Waals surface area (Å²) in [4.78, 5) is 2.39. The molecular formula is C12H18ClN. The molecule has 0 bridgehead atoms. The van der Waals surface area contributed by atoms with E-state index in [0.29, 0.717) is 11.1 Å². The molecule has 0 aromatic heterocycles. The zero-order chi connectivity index (χ0) is 10.6.